The van der Waals surface area contributed by atoms with Crippen LogP contribution in [0, 0.1) is 0 Å². The molecule has 1 aliphatic rings. The maximum Gasteiger partial charge on any atom is 0.240 e. The van der Waals surface area contributed by atoms with Gasteiger partial charge in [-0.1, -0.05) is 60.3 Å². The predicted molar refractivity (Wildman–Crippen MR) is 119 cm³/mol. The van der Waals surface area contributed by atoms with E-state index < -0.39 is 5.25 Å². The quantitative estimate of drug-likeness (QED) is 0.356. The molecule has 156 valence electrons. The van der Waals surface area contributed by atoms with Crippen molar-refractivity contribution in [3.8, 4) is 5.69 Å². The molecule has 0 N–H and O–H groups in total. The second-order valence-corrected chi connectivity index (χ2v) is 8.25. The van der Waals surface area contributed by atoms with E-state index in [4.69, 9.17) is 4.74 Å². The van der Waals surface area contributed by atoms with Gasteiger partial charge < -0.3 is 9.64 Å². The molecule has 7 nitrogen and oxygen atoms in total. The van der Waals surface area contributed by atoms with Crippen LogP contribution in [0.3, 0.4) is 0 Å². The Morgan fingerprint density at radius 1 is 0.968 bits per heavy atom. The first-order valence-electron chi connectivity index (χ1n) is 10.1. The number of para-hydroxylation sites is 1. The summed E-state index contributed by atoms with van der Waals surface area (Å²) < 4.78 is 7.22. The topological polar surface area (TPSA) is 73.1 Å². The fourth-order valence-electron chi connectivity index (χ4n) is 3.62. The predicted octanol–water partition coefficient (Wildman–Crippen LogP) is 3.51. The van der Waals surface area contributed by atoms with Gasteiger partial charge in [0.05, 0.1) is 30.5 Å². The fourth-order valence-corrected chi connectivity index (χ4v) is 4.77. The third kappa shape index (κ3) is 4.04. The van der Waals surface area contributed by atoms with Gasteiger partial charge in [-0.3, -0.25) is 4.79 Å². The Hall–Kier alpha value is -3.23. The number of carbonyl (C=O) groups excluding carboxylic acids is 1. The Kier molecular flexibility index (Phi) is 5.64. The van der Waals surface area contributed by atoms with Crippen LogP contribution in [0.25, 0.3) is 16.7 Å². The van der Waals surface area contributed by atoms with Crippen LogP contribution in [0.4, 0.5) is 0 Å². The largest absolute Gasteiger partial charge is 0.378 e. The van der Waals surface area contributed by atoms with Gasteiger partial charge in [0.2, 0.25) is 5.91 Å². The molecule has 5 rings (SSSR count). The molecule has 31 heavy (non-hydrogen) atoms. The second kappa shape index (κ2) is 8.87. The van der Waals surface area contributed by atoms with E-state index in [0.717, 1.165) is 21.7 Å². The Morgan fingerprint density at radius 3 is 2.42 bits per heavy atom. The molecule has 1 fully saturated rings. The summed E-state index contributed by atoms with van der Waals surface area (Å²) in [4.78, 5) is 24.3. The van der Waals surface area contributed by atoms with Gasteiger partial charge in [-0.05, 0) is 17.7 Å². The van der Waals surface area contributed by atoms with E-state index in [0.29, 0.717) is 32.0 Å². The smallest absolute Gasteiger partial charge is 0.240 e. The summed E-state index contributed by atoms with van der Waals surface area (Å²) in [6.45, 7) is 2.35. The number of rotatable bonds is 5. The number of ether oxygens (including phenoxy) is 1. The summed E-state index contributed by atoms with van der Waals surface area (Å²) >= 11 is 1.45. The highest BCUT2D eigenvalue weighted by atomic mass is 32.2. The lowest BCUT2D eigenvalue weighted by Gasteiger charge is -2.30. The van der Waals surface area contributed by atoms with Crippen molar-refractivity contribution in [3.05, 3.63) is 78.8 Å². The van der Waals surface area contributed by atoms with Crippen molar-refractivity contribution in [3.63, 3.8) is 0 Å². The van der Waals surface area contributed by atoms with Crippen LogP contribution in [0.15, 0.2) is 78.2 Å². The van der Waals surface area contributed by atoms with E-state index in [1.807, 2.05) is 65.6 Å². The first kappa shape index (κ1) is 19.7. The number of morpholine rings is 1. The van der Waals surface area contributed by atoms with Gasteiger partial charge in [-0.25, -0.2) is 14.6 Å². The summed E-state index contributed by atoms with van der Waals surface area (Å²) in [5.41, 5.74) is 2.59. The van der Waals surface area contributed by atoms with Crippen LogP contribution >= 0.6 is 11.8 Å². The molecular weight excluding hydrogens is 410 g/mol. The summed E-state index contributed by atoms with van der Waals surface area (Å²) in [7, 11) is 0. The van der Waals surface area contributed by atoms with Crippen LogP contribution < -0.4 is 0 Å². The Labute approximate surface area is 184 Å². The molecule has 1 amide bonds. The highest BCUT2D eigenvalue weighted by Crippen LogP contribution is 2.38. The van der Waals surface area contributed by atoms with Crippen LogP contribution in [-0.2, 0) is 9.53 Å². The number of amides is 1. The van der Waals surface area contributed by atoms with Gasteiger partial charge in [0, 0.05) is 13.1 Å². The minimum absolute atomic E-state index is 0.0710. The zero-order valence-corrected chi connectivity index (χ0v) is 17.6. The molecule has 0 spiro atoms. The number of hydrogen-bond donors (Lipinski definition) is 0. The van der Waals surface area contributed by atoms with Crippen molar-refractivity contribution >= 4 is 28.7 Å². The van der Waals surface area contributed by atoms with Crippen molar-refractivity contribution in [2.75, 3.05) is 26.3 Å². The molecule has 1 saturated heterocycles. The number of hydrogen-bond acceptors (Lipinski definition) is 6. The molecule has 0 bridgehead atoms. The highest BCUT2D eigenvalue weighted by Gasteiger charge is 2.29. The Bertz CT molecular complexity index is 1180. The van der Waals surface area contributed by atoms with Gasteiger partial charge in [-0.15, -0.1) is 0 Å². The van der Waals surface area contributed by atoms with E-state index in [1.54, 1.807) is 10.9 Å². The molecule has 1 aliphatic heterocycles. The highest BCUT2D eigenvalue weighted by molar-refractivity contribution is 8.00. The molecular formula is C23H21N5O2S. The van der Waals surface area contributed by atoms with Crippen molar-refractivity contribution in [2.24, 2.45) is 0 Å². The monoisotopic (exact) mass is 431 g/mol. The number of aromatic nitrogens is 4. The van der Waals surface area contributed by atoms with Gasteiger partial charge in [0.15, 0.2) is 5.65 Å². The average molecular weight is 432 g/mol. The number of fused-ring (bicyclic) bond motifs is 1. The summed E-state index contributed by atoms with van der Waals surface area (Å²) in [5, 5.41) is 5.69. The summed E-state index contributed by atoms with van der Waals surface area (Å²) in [5.74, 6) is 0.0710. The maximum atomic E-state index is 13.5. The molecule has 1 unspecified atom stereocenters. The third-order valence-corrected chi connectivity index (χ3v) is 6.47. The third-order valence-electron chi connectivity index (χ3n) is 5.21. The standard InChI is InChI=1S/C23H21N5O2S/c29-23(27-11-13-30-14-12-27)20(17-7-3-1-4-8-17)31-22-19-15-26-28(21(19)24-16-25-22)18-9-5-2-6-10-18/h1-10,15-16,20H,11-14H2. The first-order valence-corrected chi connectivity index (χ1v) is 11.0. The molecule has 0 aliphatic carbocycles. The maximum absolute atomic E-state index is 13.5. The Balaban J connectivity index is 1.52. The van der Waals surface area contributed by atoms with E-state index in [-0.39, 0.29) is 5.91 Å². The van der Waals surface area contributed by atoms with Gasteiger partial charge >= 0.3 is 0 Å². The zero-order valence-electron chi connectivity index (χ0n) is 16.8. The van der Waals surface area contributed by atoms with Crippen molar-refractivity contribution in [1.29, 1.82) is 0 Å². The lowest BCUT2D eigenvalue weighted by molar-refractivity contribution is -0.134. The van der Waals surface area contributed by atoms with Gasteiger partial charge in [0.25, 0.3) is 0 Å². The summed E-state index contributed by atoms with van der Waals surface area (Å²) in [6, 6.07) is 19.7. The minimum Gasteiger partial charge on any atom is -0.378 e. The molecule has 0 radical (unpaired) electrons. The molecule has 0 saturated carbocycles. The number of benzene rings is 2. The molecule has 2 aromatic carbocycles. The molecule has 4 aromatic rings. The summed E-state index contributed by atoms with van der Waals surface area (Å²) in [6.07, 6.45) is 3.30. The SMILES string of the molecule is O=C(C(Sc1ncnc2c1cnn2-c1ccccc1)c1ccccc1)N1CCOCC1. The van der Waals surface area contributed by atoms with Gasteiger partial charge in [-0.2, -0.15) is 5.10 Å². The van der Waals surface area contributed by atoms with Crippen LogP contribution in [-0.4, -0.2) is 56.9 Å². The number of carbonyl (C=O) groups is 1. The normalized spacial score (nSPS) is 15.2. The molecule has 2 aromatic heterocycles. The Morgan fingerprint density at radius 2 is 1.68 bits per heavy atom. The van der Waals surface area contributed by atoms with Crippen LogP contribution in [0.5, 0.6) is 0 Å². The molecule has 1 atom stereocenters. The van der Waals surface area contributed by atoms with E-state index >= 15 is 0 Å². The van der Waals surface area contributed by atoms with E-state index in [2.05, 4.69) is 15.1 Å². The van der Waals surface area contributed by atoms with Crippen molar-refractivity contribution in [2.45, 2.75) is 10.3 Å². The number of thioether (sulfide) groups is 1. The lowest BCUT2D eigenvalue weighted by Crippen LogP contribution is -2.42. The van der Waals surface area contributed by atoms with Crippen molar-refractivity contribution < 1.29 is 9.53 Å². The fraction of sp³-hybridized carbons (Fsp3) is 0.217. The first-order chi connectivity index (χ1) is 15.3. The van der Waals surface area contributed by atoms with E-state index in [9.17, 15) is 4.79 Å². The van der Waals surface area contributed by atoms with Crippen molar-refractivity contribution in [1.82, 2.24) is 24.6 Å². The average Bonchev–Trinajstić information content (AvgIpc) is 3.29. The van der Waals surface area contributed by atoms with Crippen LogP contribution in [0.2, 0.25) is 0 Å². The molecule has 3 heterocycles. The number of nitrogens with zero attached hydrogens (tertiary/aromatic N) is 5. The van der Waals surface area contributed by atoms with Gasteiger partial charge in [0.1, 0.15) is 16.6 Å². The van der Waals surface area contributed by atoms with E-state index in [1.165, 1.54) is 18.1 Å². The second-order valence-electron chi connectivity index (χ2n) is 7.15. The molecule has 8 heteroatoms. The zero-order chi connectivity index (χ0) is 21.0. The van der Waals surface area contributed by atoms with Crippen LogP contribution in [0.1, 0.15) is 10.8 Å². The lowest BCUT2D eigenvalue weighted by atomic mass is 10.1. The minimum atomic E-state index is -0.405.